The third-order valence-corrected chi connectivity index (χ3v) is 2.76. The maximum Gasteiger partial charge on any atom is 0.129 e. The van der Waals surface area contributed by atoms with Gasteiger partial charge in [0.25, 0.3) is 0 Å². The van der Waals surface area contributed by atoms with Gasteiger partial charge >= 0.3 is 0 Å². The minimum atomic E-state index is -1.07. The van der Waals surface area contributed by atoms with Gasteiger partial charge in [0.2, 0.25) is 0 Å². The number of halogens is 2. The second kappa shape index (κ2) is 5.24. The zero-order valence-corrected chi connectivity index (χ0v) is 9.83. The molecule has 0 amide bonds. The maximum absolute atomic E-state index is 13.4. The van der Waals surface area contributed by atoms with E-state index in [2.05, 4.69) is 15.9 Å². The van der Waals surface area contributed by atoms with E-state index in [4.69, 9.17) is 5.26 Å². The molecule has 0 fully saturated rings. The fraction of sp³-hybridized carbons (Fsp3) is 0.364. The number of nitriles is 1. The van der Waals surface area contributed by atoms with E-state index in [0.29, 0.717) is 10.9 Å². The molecule has 0 aliphatic carbocycles. The number of benzene rings is 1. The van der Waals surface area contributed by atoms with E-state index in [1.54, 1.807) is 13.0 Å². The van der Waals surface area contributed by atoms with Gasteiger partial charge in [-0.3, -0.25) is 0 Å². The summed E-state index contributed by atoms with van der Waals surface area (Å²) in [5.74, 6) is -1.06. The minimum absolute atomic E-state index is 0.165. The lowest BCUT2D eigenvalue weighted by molar-refractivity contribution is 0.128. The Labute approximate surface area is 96.5 Å². The van der Waals surface area contributed by atoms with Crippen LogP contribution in [0, 0.1) is 23.1 Å². The predicted molar refractivity (Wildman–Crippen MR) is 58.5 cm³/mol. The Hall–Kier alpha value is -0.920. The van der Waals surface area contributed by atoms with Crippen LogP contribution in [0.25, 0.3) is 0 Å². The molecule has 4 heteroatoms. The maximum atomic E-state index is 13.4. The van der Waals surface area contributed by atoms with Crippen LogP contribution in [0.3, 0.4) is 0 Å². The van der Waals surface area contributed by atoms with E-state index in [-0.39, 0.29) is 5.56 Å². The summed E-state index contributed by atoms with van der Waals surface area (Å²) in [6, 6.07) is 6.29. The van der Waals surface area contributed by atoms with Crippen molar-refractivity contribution in [2.75, 3.05) is 0 Å². The van der Waals surface area contributed by atoms with Gasteiger partial charge < -0.3 is 5.11 Å². The first-order valence-electron chi connectivity index (χ1n) is 4.62. The largest absolute Gasteiger partial charge is 0.387 e. The number of hydrogen-bond acceptors (Lipinski definition) is 2. The van der Waals surface area contributed by atoms with Crippen molar-refractivity contribution in [1.29, 1.82) is 5.26 Å². The molecule has 0 aromatic heterocycles. The first-order chi connectivity index (χ1) is 7.10. The Morgan fingerprint density at radius 1 is 1.60 bits per heavy atom. The topological polar surface area (TPSA) is 44.0 Å². The van der Waals surface area contributed by atoms with E-state index in [9.17, 15) is 9.50 Å². The Morgan fingerprint density at radius 2 is 2.27 bits per heavy atom. The molecule has 0 heterocycles. The van der Waals surface area contributed by atoms with Crippen molar-refractivity contribution in [2.45, 2.75) is 19.4 Å². The molecule has 0 saturated carbocycles. The van der Waals surface area contributed by atoms with Crippen LogP contribution in [0.4, 0.5) is 4.39 Å². The second-order valence-corrected chi connectivity index (χ2v) is 4.17. The molecule has 0 saturated heterocycles. The standard InChI is InChI=1S/C11H11BrFNO/c1-2-7(6-14)11(15)9-5-8(12)3-4-10(9)13/h3-5,7,11,15H,2H2,1H3. The van der Waals surface area contributed by atoms with Gasteiger partial charge in [-0.05, 0) is 24.6 Å². The first kappa shape index (κ1) is 12.2. The second-order valence-electron chi connectivity index (χ2n) is 3.25. The summed E-state index contributed by atoms with van der Waals surface area (Å²) in [7, 11) is 0. The van der Waals surface area contributed by atoms with Crippen LogP contribution in [0.2, 0.25) is 0 Å². The molecule has 0 radical (unpaired) electrons. The molecule has 80 valence electrons. The highest BCUT2D eigenvalue weighted by Crippen LogP contribution is 2.28. The van der Waals surface area contributed by atoms with E-state index < -0.39 is 17.8 Å². The molecule has 1 aromatic rings. The van der Waals surface area contributed by atoms with Gasteiger partial charge in [-0.1, -0.05) is 22.9 Å². The minimum Gasteiger partial charge on any atom is -0.387 e. The molecule has 0 spiro atoms. The number of rotatable bonds is 3. The van der Waals surface area contributed by atoms with Gasteiger partial charge in [0.05, 0.1) is 18.1 Å². The summed E-state index contributed by atoms with van der Waals surface area (Å²) >= 11 is 3.20. The Morgan fingerprint density at radius 3 is 2.80 bits per heavy atom. The lowest BCUT2D eigenvalue weighted by Crippen LogP contribution is -2.11. The number of nitrogens with zero attached hydrogens (tertiary/aromatic N) is 1. The van der Waals surface area contributed by atoms with Crippen LogP contribution in [0.5, 0.6) is 0 Å². The fourth-order valence-electron chi connectivity index (χ4n) is 1.34. The third-order valence-electron chi connectivity index (χ3n) is 2.26. The Balaban J connectivity index is 3.05. The third kappa shape index (κ3) is 2.77. The molecular formula is C11H11BrFNO. The van der Waals surface area contributed by atoms with Crippen LogP contribution >= 0.6 is 15.9 Å². The van der Waals surface area contributed by atoms with Gasteiger partial charge in [0, 0.05) is 10.0 Å². The summed E-state index contributed by atoms with van der Waals surface area (Å²) < 4.78 is 14.0. The SMILES string of the molecule is CCC(C#N)C(O)c1cc(Br)ccc1F. The van der Waals surface area contributed by atoms with Crippen molar-refractivity contribution in [1.82, 2.24) is 0 Å². The van der Waals surface area contributed by atoms with Crippen molar-refractivity contribution >= 4 is 15.9 Å². The van der Waals surface area contributed by atoms with Crippen LogP contribution in [-0.2, 0) is 0 Å². The molecule has 1 N–H and O–H groups in total. The first-order valence-corrected chi connectivity index (χ1v) is 5.42. The monoisotopic (exact) mass is 271 g/mol. The van der Waals surface area contributed by atoms with E-state index in [0.717, 1.165) is 0 Å². The van der Waals surface area contributed by atoms with Gasteiger partial charge in [0.15, 0.2) is 0 Å². The van der Waals surface area contributed by atoms with Crippen molar-refractivity contribution < 1.29 is 9.50 Å². The van der Waals surface area contributed by atoms with Crippen LogP contribution < -0.4 is 0 Å². The average molecular weight is 272 g/mol. The van der Waals surface area contributed by atoms with Gasteiger partial charge in [0.1, 0.15) is 5.82 Å². The summed E-state index contributed by atoms with van der Waals surface area (Å²) in [4.78, 5) is 0. The number of aliphatic hydroxyl groups is 1. The summed E-state index contributed by atoms with van der Waals surface area (Å²) in [6.45, 7) is 1.78. The normalized spacial score (nSPS) is 14.3. The molecule has 2 nitrogen and oxygen atoms in total. The highest BCUT2D eigenvalue weighted by atomic mass is 79.9. The van der Waals surface area contributed by atoms with Crippen LogP contribution in [0.1, 0.15) is 25.0 Å². The molecule has 15 heavy (non-hydrogen) atoms. The van der Waals surface area contributed by atoms with Crippen molar-refractivity contribution in [3.63, 3.8) is 0 Å². The zero-order valence-electron chi connectivity index (χ0n) is 8.24. The van der Waals surface area contributed by atoms with Crippen molar-refractivity contribution in [2.24, 2.45) is 5.92 Å². The van der Waals surface area contributed by atoms with Crippen molar-refractivity contribution in [3.8, 4) is 6.07 Å². The molecular weight excluding hydrogens is 261 g/mol. The summed E-state index contributed by atoms with van der Waals surface area (Å²) in [6.07, 6.45) is -0.582. The molecule has 0 aliphatic heterocycles. The van der Waals surface area contributed by atoms with E-state index in [1.165, 1.54) is 12.1 Å². The Bertz CT molecular complexity index is 389. The molecule has 1 aromatic carbocycles. The average Bonchev–Trinajstić information content (AvgIpc) is 2.23. The van der Waals surface area contributed by atoms with Crippen molar-refractivity contribution in [3.05, 3.63) is 34.1 Å². The summed E-state index contributed by atoms with van der Waals surface area (Å²) in [5.41, 5.74) is 0.165. The quantitative estimate of drug-likeness (QED) is 0.918. The highest BCUT2D eigenvalue weighted by Gasteiger charge is 2.21. The molecule has 0 bridgehead atoms. The van der Waals surface area contributed by atoms with Gasteiger partial charge in [-0.2, -0.15) is 5.26 Å². The van der Waals surface area contributed by atoms with E-state index in [1.807, 2.05) is 6.07 Å². The predicted octanol–water partition coefficient (Wildman–Crippen LogP) is 3.17. The lowest BCUT2D eigenvalue weighted by Gasteiger charge is -2.16. The fourth-order valence-corrected chi connectivity index (χ4v) is 1.72. The molecule has 1 rings (SSSR count). The number of hydrogen-bond donors (Lipinski definition) is 1. The van der Waals surface area contributed by atoms with E-state index >= 15 is 0 Å². The molecule has 2 unspecified atom stereocenters. The highest BCUT2D eigenvalue weighted by molar-refractivity contribution is 9.10. The Kier molecular flexibility index (Phi) is 4.25. The van der Waals surface area contributed by atoms with Crippen LogP contribution in [0.15, 0.2) is 22.7 Å². The van der Waals surface area contributed by atoms with Gasteiger partial charge in [-0.15, -0.1) is 0 Å². The van der Waals surface area contributed by atoms with Crippen LogP contribution in [-0.4, -0.2) is 5.11 Å². The van der Waals surface area contributed by atoms with Gasteiger partial charge in [-0.25, -0.2) is 4.39 Å². The number of aliphatic hydroxyl groups excluding tert-OH is 1. The molecule has 2 atom stereocenters. The lowest BCUT2D eigenvalue weighted by atomic mass is 9.94. The molecule has 0 aliphatic rings. The zero-order chi connectivity index (χ0) is 11.4. The smallest absolute Gasteiger partial charge is 0.129 e. The summed E-state index contributed by atoms with van der Waals surface area (Å²) in [5, 5.41) is 18.6.